The van der Waals surface area contributed by atoms with Gasteiger partial charge in [-0.2, -0.15) is 0 Å². The van der Waals surface area contributed by atoms with E-state index in [2.05, 4.69) is 35.5 Å². The zero-order valence-corrected chi connectivity index (χ0v) is 15.6. The molecule has 1 unspecified atom stereocenters. The highest BCUT2D eigenvalue weighted by molar-refractivity contribution is 8.32. The third-order valence-corrected chi connectivity index (χ3v) is 5.99. The van der Waals surface area contributed by atoms with E-state index < -0.39 is 10.0 Å². The van der Waals surface area contributed by atoms with Crippen molar-refractivity contribution in [2.75, 3.05) is 70.4 Å². The Morgan fingerprint density at radius 3 is 2.10 bits per heavy atom. The van der Waals surface area contributed by atoms with Gasteiger partial charge < -0.3 is 14.9 Å². The molecule has 0 bridgehead atoms. The number of hydrogen-bond donors (Lipinski definition) is 1. The van der Waals surface area contributed by atoms with E-state index in [4.69, 9.17) is 0 Å². The molecule has 0 aromatic rings. The van der Waals surface area contributed by atoms with Crippen LogP contribution in [-0.2, 0) is 0 Å². The van der Waals surface area contributed by atoms with Crippen molar-refractivity contribution in [2.45, 2.75) is 32.6 Å². The van der Waals surface area contributed by atoms with E-state index in [1.807, 2.05) is 0 Å². The summed E-state index contributed by atoms with van der Waals surface area (Å²) in [6.07, 6.45) is 12.1. The molecule has 0 aromatic heterocycles. The molecule has 3 nitrogen and oxygen atoms in total. The standard InChI is InChI=1S/C17H38N2OS/c1-5-18-11-13-19(14-12-18)10-7-6-8-17(9-15-20)16-21(2,3)4/h17,20H,5-16H2,1-4H3. The van der Waals surface area contributed by atoms with Gasteiger partial charge in [-0.1, -0.05) is 13.3 Å². The number of rotatable bonds is 10. The van der Waals surface area contributed by atoms with Crippen LogP contribution >= 0.6 is 10.0 Å². The fourth-order valence-corrected chi connectivity index (χ4v) is 5.05. The van der Waals surface area contributed by atoms with Crippen LogP contribution in [0, 0.1) is 5.92 Å². The van der Waals surface area contributed by atoms with Gasteiger partial charge >= 0.3 is 0 Å². The van der Waals surface area contributed by atoms with Crippen LogP contribution in [0.3, 0.4) is 0 Å². The normalized spacial score (nSPS) is 20.6. The second-order valence-electron chi connectivity index (χ2n) is 7.41. The third-order valence-electron chi connectivity index (χ3n) is 4.52. The lowest BCUT2D eigenvalue weighted by atomic mass is 10.0. The minimum Gasteiger partial charge on any atom is -0.396 e. The maximum Gasteiger partial charge on any atom is 0.0433 e. The molecular formula is C17H38N2OS. The first-order valence-corrected chi connectivity index (χ1v) is 11.7. The predicted octanol–water partition coefficient (Wildman–Crippen LogP) is 2.49. The highest BCUT2D eigenvalue weighted by atomic mass is 32.3. The largest absolute Gasteiger partial charge is 0.396 e. The molecule has 1 rings (SSSR count). The van der Waals surface area contributed by atoms with Gasteiger partial charge in [0.2, 0.25) is 0 Å². The van der Waals surface area contributed by atoms with Crippen molar-refractivity contribution in [3.05, 3.63) is 0 Å². The van der Waals surface area contributed by atoms with Crippen molar-refractivity contribution in [1.29, 1.82) is 0 Å². The summed E-state index contributed by atoms with van der Waals surface area (Å²) in [4.78, 5) is 5.17. The third kappa shape index (κ3) is 9.07. The van der Waals surface area contributed by atoms with Gasteiger partial charge in [0, 0.05) is 32.8 Å². The van der Waals surface area contributed by atoms with Crippen LogP contribution in [0.5, 0.6) is 0 Å². The minimum absolute atomic E-state index is 0.360. The van der Waals surface area contributed by atoms with Gasteiger partial charge in [-0.25, -0.2) is 10.0 Å². The van der Waals surface area contributed by atoms with E-state index in [0.29, 0.717) is 6.61 Å². The molecule has 0 spiro atoms. The molecule has 128 valence electrons. The molecule has 0 amide bonds. The summed E-state index contributed by atoms with van der Waals surface area (Å²) < 4.78 is 0. The Hall–Kier alpha value is 0.230. The Kier molecular flexibility index (Phi) is 9.26. The van der Waals surface area contributed by atoms with E-state index in [1.165, 1.54) is 64.3 Å². The van der Waals surface area contributed by atoms with Crippen LogP contribution in [0.2, 0.25) is 0 Å². The number of hydrogen-bond acceptors (Lipinski definition) is 3. The van der Waals surface area contributed by atoms with Gasteiger partial charge in [0.25, 0.3) is 0 Å². The molecular weight excluding hydrogens is 280 g/mol. The van der Waals surface area contributed by atoms with Gasteiger partial charge in [-0.05, 0) is 62.8 Å². The van der Waals surface area contributed by atoms with Crippen LogP contribution in [0.25, 0.3) is 0 Å². The average molecular weight is 319 g/mol. The summed E-state index contributed by atoms with van der Waals surface area (Å²) in [5.74, 6) is 2.06. The van der Waals surface area contributed by atoms with Gasteiger partial charge in [0.15, 0.2) is 0 Å². The quantitative estimate of drug-likeness (QED) is 0.627. The number of nitrogens with zero attached hydrogens (tertiary/aromatic N) is 2. The molecule has 0 saturated carbocycles. The Morgan fingerprint density at radius 1 is 0.952 bits per heavy atom. The van der Waals surface area contributed by atoms with E-state index in [1.54, 1.807) is 0 Å². The summed E-state index contributed by atoms with van der Waals surface area (Å²) in [7, 11) is -0.439. The Balaban J connectivity index is 2.13. The molecule has 4 heteroatoms. The Morgan fingerprint density at radius 2 is 1.57 bits per heavy atom. The van der Waals surface area contributed by atoms with E-state index in [-0.39, 0.29) is 0 Å². The van der Waals surface area contributed by atoms with Crippen LogP contribution < -0.4 is 0 Å². The zero-order chi connectivity index (χ0) is 15.7. The topological polar surface area (TPSA) is 26.7 Å². The number of likely N-dealkylation sites (N-methyl/N-ethyl adjacent to an activating group) is 1. The minimum atomic E-state index is -0.439. The molecule has 1 heterocycles. The maximum absolute atomic E-state index is 9.24. The van der Waals surface area contributed by atoms with Gasteiger partial charge in [-0.15, -0.1) is 0 Å². The van der Waals surface area contributed by atoms with Crippen LogP contribution in [0.4, 0.5) is 0 Å². The van der Waals surface area contributed by atoms with Crippen molar-refractivity contribution in [3.63, 3.8) is 0 Å². The SMILES string of the molecule is CCN1CCN(CCCCC(CCO)CS(C)(C)C)CC1. The first-order chi connectivity index (χ1) is 9.94. The maximum atomic E-state index is 9.24. The summed E-state index contributed by atoms with van der Waals surface area (Å²) in [5, 5.41) is 9.24. The predicted molar refractivity (Wildman–Crippen MR) is 97.8 cm³/mol. The van der Waals surface area contributed by atoms with E-state index in [0.717, 1.165) is 12.3 Å². The number of unbranched alkanes of at least 4 members (excludes halogenated alkanes) is 1. The van der Waals surface area contributed by atoms with Gasteiger partial charge in [0.05, 0.1) is 0 Å². The summed E-state index contributed by atoms with van der Waals surface area (Å²) in [6.45, 7) is 10.1. The lowest BCUT2D eigenvalue weighted by molar-refractivity contribution is 0.135. The highest BCUT2D eigenvalue weighted by Gasteiger charge is 2.16. The van der Waals surface area contributed by atoms with E-state index in [9.17, 15) is 5.11 Å². The van der Waals surface area contributed by atoms with Gasteiger partial charge in [-0.3, -0.25) is 0 Å². The number of aliphatic hydroxyl groups is 1. The fraction of sp³-hybridized carbons (Fsp3) is 1.00. The fourth-order valence-electron chi connectivity index (χ4n) is 3.30. The Labute approximate surface area is 134 Å². The van der Waals surface area contributed by atoms with Crippen LogP contribution in [0.15, 0.2) is 0 Å². The first kappa shape index (κ1) is 19.3. The highest BCUT2D eigenvalue weighted by Crippen LogP contribution is 2.39. The molecule has 1 fully saturated rings. The summed E-state index contributed by atoms with van der Waals surface area (Å²) in [6, 6.07) is 0. The van der Waals surface area contributed by atoms with Crippen molar-refractivity contribution in [3.8, 4) is 0 Å². The number of aliphatic hydroxyl groups excluding tert-OH is 1. The molecule has 1 N–H and O–H groups in total. The van der Waals surface area contributed by atoms with Crippen LogP contribution in [0.1, 0.15) is 32.6 Å². The average Bonchev–Trinajstić information content (AvgIpc) is 2.43. The molecule has 1 atom stereocenters. The Bertz CT molecular complexity index is 260. The molecule has 21 heavy (non-hydrogen) atoms. The van der Waals surface area contributed by atoms with Crippen molar-refractivity contribution < 1.29 is 5.11 Å². The van der Waals surface area contributed by atoms with Gasteiger partial charge in [0.1, 0.15) is 0 Å². The molecule has 0 aliphatic carbocycles. The molecule has 0 aromatic carbocycles. The van der Waals surface area contributed by atoms with Crippen molar-refractivity contribution >= 4 is 10.0 Å². The smallest absolute Gasteiger partial charge is 0.0433 e. The number of piperazine rings is 1. The van der Waals surface area contributed by atoms with Crippen LogP contribution in [-0.4, -0.2) is 85.3 Å². The molecule has 1 saturated heterocycles. The lowest BCUT2D eigenvalue weighted by Crippen LogP contribution is -2.46. The molecule has 1 aliphatic rings. The monoisotopic (exact) mass is 318 g/mol. The van der Waals surface area contributed by atoms with Crippen molar-refractivity contribution in [2.24, 2.45) is 5.92 Å². The summed E-state index contributed by atoms with van der Waals surface area (Å²) >= 11 is 0. The lowest BCUT2D eigenvalue weighted by Gasteiger charge is -2.34. The molecule has 1 aliphatic heterocycles. The second kappa shape index (κ2) is 10.1. The molecule has 0 radical (unpaired) electrons. The first-order valence-electron chi connectivity index (χ1n) is 8.66. The van der Waals surface area contributed by atoms with E-state index >= 15 is 0 Å². The second-order valence-corrected chi connectivity index (χ2v) is 11.9. The zero-order valence-electron chi connectivity index (χ0n) is 14.8. The van der Waals surface area contributed by atoms with Crippen molar-refractivity contribution in [1.82, 2.24) is 9.80 Å². The summed E-state index contributed by atoms with van der Waals surface area (Å²) in [5.41, 5.74) is 0.